The maximum absolute atomic E-state index is 13.1. The topological polar surface area (TPSA) is 82.2 Å². The summed E-state index contributed by atoms with van der Waals surface area (Å²) < 4.78 is 0. The minimum absolute atomic E-state index is 0.0177. The molecule has 1 aromatic heterocycles. The Kier molecular flexibility index (Phi) is 5.15. The van der Waals surface area contributed by atoms with Crippen LogP contribution < -0.4 is 0 Å². The molecule has 1 aliphatic heterocycles. The highest BCUT2D eigenvalue weighted by Crippen LogP contribution is 2.32. The molecule has 0 radical (unpaired) electrons. The Hall–Kier alpha value is -2.70. The third-order valence-corrected chi connectivity index (χ3v) is 5.75. The number of hydrogen-bond donors (Lipinski definition) is 1. The standard InChI is InChI=1S/C21H27N5O2/c1-14(2)18-12-25(10-9-19(27)26(18)11-15-3-4-15)21(28)17-7-5-16(6-8-17)20-22-13-23-24-20/h5-8,13-15,18H,3-4,9-12H2,1-2H3,(H,22,23,24)/t18-/m0/s1. The monoisotopic (exact) mass is 381 g/mol. The summed E-state index contributed by atoms with van der Waals surface area (Å²) in [6.45, 7) is 6.19. The van der Waals surface area contributed by atoms with Gasteiger partial charge >= 0.3 is 0 Å². The molecule has 2 fully saturated rings. The molecule has 0 bridgehead atoms. The Balaban J connectivity index is 1.51. The Bertz CT molecular complexity index is 827. The number of aromatic amines is 1. The number of nitrogens with zero attached hydrogens (tertiary/aromatic N) is 4. The van der Waals surface area contributed by atoms with E-state index in [4.69, 9.17) is 0 Å². The molecule has 1 aliphatic carbocycles. The van der Waals surface area contributed by atoms with Gasteiger partial charge in [-0.15, -0.1) is 0 Å². The smallest absolute Gasteiger partial charge is 0.253 e. The second kappa shape index (κ2) is 7.73. The molecule has 7 nitrogen and oxygen atoms in total. The van der Waals surface area contributed by atoms with Gasteiger partial charge in [0.15, 0.2) is 5.82 Å². The molecule has 28 heavy (non-hydrogen) atoms. The zero-order valence-electron chi connectivity index (χ0n) is 16.5. The number of H-pyrrole nitrogens is 1. The lowest BCUT2D eigenvalue weighted by molar-refractivity contribution is -0.133. The molecule has 1 N–H and O–H groups in total. The van der Waals surface area contributed by atoms with Gasteiger partial charge in [0.2, 0.25) is 5.91 Å². The molecular formula is C21H27N5O2. The third-order valence-electron chi connectivity index (χ3n) is 5.75. The van der Waals surface area contributed by atoms with E-state index in [-0.39, 0.29) is 17.9 Å². The van der Waals surface area contributed by atoms with E-state index >= 15 is 0 Å². The van der Waals surface area contributed by atoms with Crippen LogP contribution in [0.3, 0.4) is 0 Å². The van der Waals surface area contributed by atoms with Gasteiger partial charge in [-0.1, -0.05) is 26.0 Å². The number of hydrogen-bond acceptors (Lipinski definition) is 4. The quantitative estimate of drug-likeness (QED) is 0.863. The molecular weight excluding hydrogens is 354 g/mol. The van der Waals surface area contributed by atoms with Crippen molar-refractivity contribution < 1.29 is 9.59 Å². The van der Waals surface area contributed by atoms with Gasteiger partial charge in [-0.2, -0.15) is 5.10 Å². The maximum Gasteiger partial charge on any atom is 0.253 e. The second-order valence-corrected chi connectivity index (χ2v) is 8.21. The van der Waals surface area contributed by atoms with Gasteiger partial charge in [-0.3, -0.25) is 14.7 Å². The molecule has 7 heteroatoms. The predicted molar refractivity (Wildman–Crippen MR) is 105 cm³/mol. The fourth-order valence-electron chi connectivity index (χ4n) is 3.84. The van der Waals surface area contributed by atoms with Gasteiger partial charge in [0, 0.05) is 37.2 Å². The van der Waals surface area contributed by atoms with Crippen LogP contribution in [-0.4, -0.2) is 62.5 Å². The van der Waals surface area contributed by atoms with E-state index in [1.54, 1.807) is 0 Å². The van der Waals surface area contributed by atoms with Crippen molar-refractivity contribution in [2.24, 2.45) is 11.8 Å². The summed E-state index contributed by atoms with van der Waals surface area (Å²) in [5.74, 6) is 1.80. The summed E-state index contributed by atoms with van der Waals surface area (Å²) in [7, 11) is 0. The number of amides is 2. The molecule has 2 aromatic rings. The Labute approximate surface area is 165 Å². The lowest BCUT2D eigenvalue weighted by atomic mass is 10.0. The first-order valence-corrected chi connectivity index (χ1v) is 10.1. The molecule has 1 aromatic carbocycles. The SMILES string of the molecule is CC(C)[C@@H]1CN(C(=O)c2ccc(-c3ncn[nH]3)cc2)CCC(=O)N1CC1CC1. The van der Waals surface area contributed by atoms with Gasteiger partial charge in [-0.25, -0.2) is 4.98 Å². The van der Waals surface area contributed by atoms with Crippen molar-refractivity contribution in [3.63, 3.8) is 0 Å². The van der Waals surface area contributed by atoms with Gasteiger partial charge in [0.05, 0.1) is 6.04 Å². The van der Waals surface area contributed by atoms with Crippen molar-refractivity contribution in [3.05, 3.63) is 36.2 Å². The average Bonchev–Trinajstić information content (AvgIpc) is 3.39. The summed E-state index contributed by atoms with van der Waals surface area (Å²) in [5.41, 5.74) is 1.52. The van der Waals surface area contributed by atoms with Crippen LogP contribution in [0.2, 0.25) is 0 Å². The van der Waals surface area contributed by atoms with E-state index in [1.165, 1.54) is 19.2 Å². The number of nitrogens with one attached hydrogen (secondary N) is 1. The number of carbonyl (C=O) groups is 2. The first-order valence-electron chi connectivity index (χ1n) is 10.1. The number of aromatic nitrogens is 3. The highest BCUT2D eigenvalue weighted by atomic mass is 16.2. The molecule has 1 saturated heterocycles. The highest BCUT2D eigenvalue weighted by Gasteiger charge is 2.36. The number of benzene rings is 1. The second-order valence-electron chi connectivity index (χ2n) is 8.21. The van der Waals surface area contributed by atoms with Crippen molar-refractivity contribution in [1.82, 2.24) is 25.0 Å². The molecule has 1 atom stereocenters. The summed E-state index contributed by atoms with van der Waals surface area (Å²) in [4.78, 5) is 33.9. The van der Waals surface area contributed by atoms with Crippen LogP contribution in [0.4, 0.5) is 0 Å². The molecule has 148 valence electrons. The van der Waals surface area contributed by atoms with Crippen molar-refractivity contribution in [2.75, 3.05) is 19.6 Å². The summed E-state index contributed by atoms with van der Waals surface area (Å²) >= 11 is 0. The number of rotatable bonds is 5. The summed E-state index contributed by atoms with van der Waals surface area (Å²) in [5, 5.41) is 6.68. The third kappa shape index (κ3) is 3.93. The predicted octanol–water partition coefficient (Wildman–Crippen LogP) is 2.58. The highest BCUT2D eigenvalue weighted by molar-refractivity contribution is 5.95. The van der Waals surface area contributed by atoms with Crippen LogP contribution in [0.1, 0.15) is 43.5 Å². The van der Waals surface area contributed by atoms with Crippen LogP contribution in [0.15, 0.2) is 30.6 Å². The molecule has 1 saturated carbocycles. The fourth-order valence-corrected chi connectivity index (χ4v) is 3.84. The van der Waals surface area contributed by atoms with Gasteiger partial charge in [-0.05, 0) is 36.8 Å². The minimum Gasteiger partial charge on any atom is -0.337 e. The Morgan fingerprint density at radius 3 is 2.61 bits per heavy atom. The van der Waals surface area contributed by atoms with E-state index in [0.29, 0.717) is 42.7 Å². The summed E-state index contributed by atoms with van der Waals surface area (Å²) in [6, 6.07) is 7.46. The van der Waals surface area contributed by atoms with Crippen LogP contribution >= 0.6 is 0 Å². The molecule has 2 heterocycles. The fraction of sp³-hybridized carbons (Fsp3) is 0.524. The molecule has 0 unspecified atom stereocenters. The number of carbonyl (C=O) groups excluding carboxylic acids is 2. The van der Waals surface area contributed by atoms with Crippen LogP contribution in [0, 0.1) is 11.8 Å². The van der Waals surface area contributed by atoms with Gasteiger partial charge in [0.25, 0.3) is 5.91 Å². The lowest BCUT2D eigenvalue weighted by Gasteiger charge is -2.34. The average molecular weight is 381 g/mol. The first-order chi connectivity index (χ1) is 13.5. The van der Waals surface area contributed by atoms with Crippen molar-refractivity contribution in [1.29, 1.82) is 0 Å². The Morgan fingerprint density at radius 1 is 1.25 bits per heavy atom. The molecule has 4 rings (SSSR count). The zero-order valence-corrected chi connectivity index (χ0v) is 16.5. The molecule has 2 amide bonds. The summed E-state index contributed by atoms with van der Waals surface area (Å²) in [6.07, 6.45) is 4.30. The van der Waals surface area contributed by atoms with Gasteiger partial charge in [0.1, 0.15) is 6.33 Å². The van der Waals surface area contributed by atoms with E-state index in [2.05, 4.69) is 29.0 Å². The first kappa shape index (κ1) is 18.7. The van der Waals surface area contributed by atoms with E-state index in [0.717, 1.165) is 12.1 Å². The molecule has 2 aliphatic rings. The van der Waals surface area contributed by atoms with Crippen molar-refractivity contribution in [3.8, 4) is 11.4 Å². The van der Waals surface area contributed by atoms with Crippen molar-refractivity contribution in [2.45, 2.75) is 39.2 Å². The van der Waals surface area contributed by atoms with Crippen molar-refractivity contribution >= 4 is 11.8 Å². The largest absolute Gasteiger partial charge is 0.337 e. The van der Waals surface area contributed by atoms with Gasteiger partial charge < -0.3 is 9.80 Å². The lowest BCUT2D eigenvalue weighted by Crippen LogP contribution is -2.48. The van der Waals surface area contributed by atoms with E-state index < -0.39 is 0 Å². The normalized spacial score (nSPS) is 20.5. The Morgan fingerprint density at radius 2 is 2.00 bits per heavy atom. The van der Waals surface area contributed by atoms with Crippen LogP contribution in [0.5, 0.6) is 0 Å². The van der Waals surface area contributed by atoms with E-state index in [1.807, 2.05) is 34.1 Å². The van der Waals surface area contributed by atoms with E-state index in [9.17, 15) is 9.59 Å². The van der Waals surface area contributed by atoms with Crippen LogP contribution in [-0.2, 0) is 4.79 Å². The maximum atomic E-state index is 13.1. The zero-order chi connectivity index (χ0) is 19.7. The molecule has 0 spiro atoms. The van der Waals surface area contributed by atoms with Crippen LogP contribution in [0.25, 0.3) is 11.4 Å². The minimum atomic E-state index is -0.0177.